The van der Waals surface area contributed by atoms with E-state index in [0.717, 1.165) is 35.7 Å². The molecule has 2 atom stereocenters. The number of likely N-dealkylation sites (tertiary alicyclic amines) is 1. The minimum absolute atomic E-state index is 0.00146. The summed E-state index contributed by atoms with van der Waals surface area (Å²) in [6.07, 6.45) is 5.75. The number of piperidine rings is 1. The van der Waals surface area contributed by atoms with E-state index in [1.165, 1.54) is 11.3 Å². The van der Waals surface area contributed by atoms with Crippen LogP contribution in [-0.4, -0.2) is 50.0 Å². The van der Waals surface area contributed by atoms with Crippen molar-refractivity contribution in [1.82, 2.24) is 19.9 Å². The quantitative estimate of drug-likeness (QED) is 0.469. The van der Waals surface area contributed by atoms with Crippen molar-refractivity contribution in [2.45, 2.75) is 32.2 Å². The van der Waals surface area contributed by atoms with E-state index in [9.17, 15) is 14.7 Å². The number of hydrogen-bond donors (Lipinski definition) is 3. The van der Waals surface area contributed by atoms with Crippen molar-refractivity contribution in [2.75, 3.05) is 23.7 Å². The van der Waals surface area contributed by atoms with E-state index in [-0.39, 0.29) is 12.0 Å². The van der Waals surface area contributed by atoms with Crippen molar-refractivity contribution in [2.24, 2.45) is 5.92 Å². The summed E-state index contributed by atoms with van der Waals surface area (Å²) in [5.41, 5.74) is 1.75. The zero-order chi connectivity index (χ0) is 23.2. The maximum atomic E-state index is 12.5. The molecular weight excluding hydrogens is 440 g/mol. The minimum atomic E-state index is -0.747. The van der Waals surface area contributed by atoms with Crippen molar-refractivity contribution in [3.63, 3.8) is 0 Å². The Morgan fingerprint density at radius 1 is 1.18 bits per heavy atom. The first-order chi connectivity index (χ1) is 16.0. The third kappa shape index (κ3) is 5.71. The van der Waals surface area contributed by atoms with Crippen molar-refractivity contribution >= 4 is 35.0 Å². The molecule has 0 spiro atoms. The van der Waals surface area contributed by atoms with Crippen molar-refractivity contribution < 1.29 is 14.7 Å². The Hall–Kier alpha value is -3.37. The van der Waals surface area contributed by atoms with Crippen LogP contribution in [0.25, 0.3) is 10.6 Å². The van der Waals surface area contributed by atoms with Crippen LogP contribution in [0, 0.1) is 5.92 Å². The Morgan fingerprint density at radius 2 is 1.97 bits per heavy atom. The Bertz CT molecular complexity index is 1110. The Kier molecular flexibility index (Phi) is 7.26. The summed E-state index contributed by atoms with van der Waals surface area (Å²) in [6, 6.07) is 8.80. The average molecular weight is 467 g/mol. The first-order valence-corrected chi connectivity index (χ1v) is 11.8. The van der Waals surface area contributed by atoms with Crippen molar-refractivity contribution in [1.29, 1.82) is 0 Å². The van der Waals surface area contributed by atoms with Gasteiger partial charge in [0.05, 0.1) is 17.7 Å². The van der Waals surface area contributed by atoms with Gasteiger partial charge in [-0.1, -0.05) is 13.0 Å². The van der Waals surface area contributed by atoms with Crippen molar-refractivity contribution in [3.8, 4) is 10.6 Å². The second kappa shape index (κ2) is 10.5. The molecule has 3 aromatic heterocycles. The van der Waals surface area contributed by atoms with E-state index >= 15 is 0 Å². The molecule has 0 saturated carbocycles. The topological polar surface area (TPSA) is 120 Å². The molecule has 9 nitrogen and oxygen atoms in total. The average Bonchev–Trinajstić information content (AvgIpc) is 3.29. The fraction of sp³-hybridized carbons (Fsp3) is 0.348. The van der Waals surface area contributed by atoms with Gasteiger partial charge < -0.3 is 5.11 Å². The number of anilines is 2. The smallest absolute Gasteiger partial charge is 0.326 e. The van der Waals surface area contributed by atoms with Gasteiger partial charge in [0.2, 0.25) is 0 Å². The molecule has 1 saturated heterocycles. The number of carboxylic acids is 1. The van der Waals surface area contributed by atoms with Gasteiger partial charge in [-0.3, -0.25) is 25.3 Å². The van der Waals surface area contributed by atoms with Crippen LogP contribution in [0.1, 0.15) is 37.9 Å². The molecule has 0 bridgehead atoms. The summed E-state index contributed by atoms with van der Waals surface area (Å²) in [6.45, 7) is 3.41. The second-order valence-electron chi connectivity index (χ2n) is 7.90. The second-order valence-corrected chi connectivity index (χ2v) is 8.76. The summed E-state index contributed by atoms with van der Waals surface area (Å²) in [5, 5.41) is 17.5. The molecule has 2 unspecified atom stereocenters. The molecule has 1 aliphatic heterocycles. The van der Waals surface area contributed by atoms with Crippen LogP contribution in [0.2, 0.25) is 0 Å². The summed E-state index contributed by atoms with van der Waals surface area (Å²) < 4.78 is 0. The van der Waals surface area contributed by atoms with Gasteiger partial charge in [0, 0.05) is 29.9 Å². The largest absolute Gasteiger partial charge is 0.481 e. The summed E-state index contributed by atoms with van der Waals surface area (Å²) in [5.74, 6) is -0.210. The third-order valence-corrected chi connectivity index (χ3v) is 6.55. The predicted octanol–water partition coefficient (Wildman–Crippen LogP) is 4.49. The number of thiazole rings is 1. The van der Waals surface area contributed by atoms with Gasteiger partial charge in [0.15, 0.2) is 0 Å². The maximum absolute atomic E-state index is 12.5. The molecule has 4 rings (SSSR count). The van der Waals surface area contributed by atoms with E-state index in [4.69, 9.17) is 0 Å². The van der Waals surface area contributed by atoms with Gasteiger partial charge in [-0.25, -0.2) is 14.8 Å². The predicted molar refractivity (Wildman–Crippen MR) is 127 cm³/mol. The number of amides is 2. The number of aliphatic carboxylic acids is 1. The van der Waals surface area contributed by atoms with Crippen LogP contribution in [0.15, 0.2) is 48.1 Å². The van der Waals surface area contributed by atoms with Crippen LogP contribution in [-0.2, 0) is 4.79 Å². The lowest BCUT2D eigenvalue weighted by atomic mass is 9.95. The van der Waals surface area contributed by atoms with Crippen LogP contribution >= 0.6 is 11.3 Å². The van der Waals surface area contributed by atoms with E-state index in [1.807, 2.05) is 24.3 Å². The molecular formula is C23H26N6O3S. The number of nitrogens with one attached hydrogen (secondary N) is 2. The molecule has 33 heavy (non-hydrogen) atoms. The number of hydrogen-bond acceptors (Lipinski definition) is 7. The van der Waals surface area contributed by atoms with E-state index < -0.39 is 12.0 Å². The number of carbonyl (C=O) groups excluding carboxylic acids is 1. The highest BCUT2D eigenvalue weighted by molar-refractivity contribution is 7.13. The molecule has 2 amide bonds. The van der Waals surface area contributed by atoms with Gasteiger partial charge >= 0.3 is 12.0 Å². The number of rotatable bonds is 7. The van der Waals surface area contributed by atoms with Gasteiger partial charge in [0.25, 0.3) is 0 Å². The summed E-state index contributed by atoms with van der Waals surface area (Å²) in [7, 11) is 0. The van der Waals surface area contributed by atoms with Gasteiger partial charge in [0.1, 0.15) is 16.6 Å². The first kappa shape index (κ1) is 22.8. The molecule has 4 heterocycles. The van der Waals surface area contributed by atoms with Crippen LogP contribution in [0.5, 0.6) is 0 Å². The highest BCUT2D eigenvalue weighted by Gasteiger charge is 2.30. The lowest BCUT2D eigenvalue weighted by molar-refractivity contribution is -0.144. The van der Waals surface area contributed by atoms with Crippen molar-refractivity contribution in [3.05, 3.63) is 53.8 Å². The lowest BCUT2D eigenvalue weighted by Crippen LogP contribution is -2.41. The summed E-state index contributed by atoms with van der Waals surface area (Å²) >= 11 is 1.43. The molecule has 0 radical (unpaired) electrons. The highest BCUT2D eigenvalue weighted by atomic mass is 32.1. The van der Waals surface area contributed by atoms with Gasteiger partial charge in [-0.15, -0.1) is 11.3 Å². The number of carboxylic acid groups (broad SMARTS) is 1. The first-order valence-electron chi connectivity index (χ1n) is 10.9. The van der Waals surface area contributed by atoms with Crippen LogP contribution < -0.4 is 10.6 Å². The molecule has 0 aromatic carbocycles. The molecule has 1 fully saturated rings. The molecule has 0 aliphatic carbocycles. The fourth-order valence-electron chi connectivity index (χ4n) is 4.07. The maximum Gasteiger partial charge on any atom is 0.326 e. The number of aromatic nitrogens is 3. The summed E-state index contributed by atoms with van der Waals surface area (Å²) in [4.78, 5) is 39.2. The number of carbonyl (C=O) groups is 2. The Balaban J connectivity index is 1.40. The SMILES string of the molecule is CCC(c1cccc(NC(=O)Nc2csc(-c3ccncc3)n2)n1)N1CCCC(C(=O)O)C1. The van der Waals surface area contributed by atoms with E-state index in [1.54, 1.807) is 23.8 Å². The molecule has 3 N–H and O–H groups in total. The standard InChI is InChI=1S/C23H26N6O3S/c1-2-18(29-12-4-5-16(13-29)22(30)31)17-6-3-7-19(25-17)27-23(32)28-20-14-33-21(26-20)15-8-10-24-11-9-15/h3,6-11,14,16,18H,2,4-5,12-13H2,1H3,(H,30,31)(H2,25,27,28,32). The molecule has 3 aromatic rings. The number of pyridine rings is 2. The number of nitrogens with zero attached hydrogens (tertiary/aromatic N) is 4. The van der Waals surface area contributed by atoms with Crippen LogP contribution in [0.3, 0.4) is 0 Å². The van der Waals surface area contributed by atoms with Crippen LogP contribution in [0.4, 0.5) is 16.4 Å². The normalized spacial score (nSPS) is 17.3. The fourth-order valence-corrected chi connectivity index (χ4v) is 4.83. The molecule has 172 valence electrons. The monoisotopic (exact) mass is 466 g/mol. The Morgan fingerprint density at radius 3 is 2.73 bits per heavy atom. The van der Waals surface area contributed by atoms with Gasteiger partial charge in [-0.05, 0) is 50.1 Å². The Labute approximate surface area is 195 Å². The third-order valence-electron chi connectivity index (χ3n) is 5.66. The molecule has 1 aliphatic rings. The zero-order valence-corrected chi connectivity index (χ0v) is 19.1. The zero-order valence-electron chi connectivity index (χ0n) is 18.3. The lowest BCUT2D eigenvalue weighted by Gasteiger charge is -2.36. The highest BCUT2D eigenvalue weighted by Crippen LogP contribution is 2.29. The number of urea groups is 1. The van der Waals surface area contributed by atoms with Gasteiger partial charge in [-0.2, -0.15) is 0 Å². The van der Waals surface area contributed by atoms with E-state index in [2.05, 4.69) is 37.4 Å². The minimum Gasteiger partial charge on any atom is -0.481 e. The van der Waals surface area contributed by atoms with E-state index in [0.29, 0.717) is 24.6 Å². The molecule has 10 heteroatoms.